The normalized spacial score (nSPS) is 35.9. The second-order valence-corrected chi connectivity index (χ2v) is 7.69. The molecule has 3 nitrogen and oxygen atoms in total. The molecule has 2 saturated heterocycles. The van der Waals surface area contributed by atoms with Crippen molar-refractivity contribution in [3.63, 3.8) is 0 Å². The van der Waals surface area contributed by atoms with Gasteiger partial charge in [-0.1, -0.05) is 30.3 Å². The highest BCUT2D eigenvalue weighted by Crippen LogP contribution is 2.25. The molecule has 20 heavy (non-hydrogen) atoms. The Balaban J connectivity index is 1.69. The third-order valence-corrected chi connectivity index (χ3v) is 6.03. The molecule has 0 bridgehead atoms. The molecule has 2 unspecified atom stereocenters. The standard InChI is InChI=1S/C16H24N2OS/c1-13-11-17-16(14-5-3-2-4-6-14)12-18(13)15-7-9-20(19)10-8-15/h2-6,13,15-17H,7-12H2,1H3. The summed E-state index contributed by atoms with van der Waals surface area (Å²) in [5, 5.41) is 3.66. The maximum atomic E-state index is 11.5. The zero-order chi connectivity index (χ0) is 13.9. The maximum absolute atomic E-state index is 11.5. The van der Waals surface area contributed by atoms with Crippen LogP contribution in [-0.2, 0) is 10.8 Å². The van der Waals surface area contributed by atoms with Crippen molar-refractivity contribution in [3.8, 4) is 0 Å². The highest BCUT2D eigenvalue weighted by atomic mass is 32.2. The van der Waals surface area contributed by atoms with Crippen molar-refractivity contribution >= 4 is 10.8 Å². The van der Waals surface area contributed by atoms with E-state index in [0.29, 0.717) is 18.1 Å². The monoisotopic (exact) mass is 292 g/mol. The lowest BCUT2D eigenvalue weighted by atomic mass is 9.98. The molecule has 2 heterocycles. The highest BCUT2D eigenvalue weighted by molar-refractivity contribution is 7.85. The molecule has 1 aromatic rings. The van der Waals surface area contributed by atoms with E-state index in [9.17, 15) is 4.21 Å². The van der Waals surface area contributed by atoms with Crippen LogP contribution in [0.5, 0.6) is 0 Å². The van der Waals surface area contributed by atoms with Gasteiger partial charge in [-0.05, 0) is 25.3 Å². The van der Waals surface area contributed by atoms with Gasteiger partial charge in [0.05, 0.1) is 0 Å². The average molecular weight is 292 g/mol. The SMILES string of the molecule is CC1CNC(c2ccccc2)CN1C1CCS(=O)CC1. The Bertz CT molecular complexity index is 455. The Kier molecular flexibility index (Phi) is 4.54. The number of rotatable bonds is 2. The van der Waals surface area contributed by atoms with E-state index in [2.05, 4.69) is 47.5 Å². The Labute approximate surface area is 124 Å². The lowest BCUT2D eigenvalue weighted by Gasteiger charge is -2.44. The summed E-state index contributed by atoms with van der Waals surface area (Å²) in [7, 11) is -0.564. The fraction of sp³-hybridized carbons (Fsp3) is 0.625. The molecule has 3 rings (SSSR count). The molecule has 1 N–H and O–H groups in total. The third kappa shape index (κ3) is 3.13. The first kappa shape index (κ1) is 14.2. The topological polar surface area (TPSA) is 32.3 Å². The molecule has 2 aliphatic heterocycles. The van der Waals surface area contributed by atoms with Crippen LogP contribution in [0.15, 0.2) is 30.3 Å². The van der Waals surface area contributed by atoms with Gasteiger partial charge in [0.1, 0.15) is 0 Å². The largest absolute Gasteiger partial charge is 0.307 e. The summed E-state index contributed by atoms with van der Waals surface area (Å²) in [6.07, 6.45) is 2.19. The number of benzene rings is 1. The van der Waals surface area contributed by atoms with Gasteiger partial charge in [-0.25, -0.2) is 0 Å². The second-order valence-electron chi connectivity index (χ2n) is 6.00. The minimum Gasteiger partial charge on any atom is -0.307 e. The minimum atomic E-state index is -0.564. The zero-order valence-electron chi connectivity index (χ0n) is 12.1. The third-order valence-electron chi connectivity index (χ3n) is 4.65. The summed E-state index contributed by atoms with van der Waals surface area (Å²) >= 11 is 0. The van der Waals surface area contributed by atoms with E-state index < -0.39 is 10.8 Å². The van der Waals surface area contributed by atoms with Gasteiger partial charge in [0.2, 0.25) is 0 Å². The quantitative estimate of drug-likeness (QED) is 0.904. The molecular weight excluding hydrogens is 268 g/mol. The summed E-state index contributed by atoms with van der Waals surface area (Å²) in [6.45, 7) is 4.42. The molecule has 0 aliphatic carbocycles. The highest BCUT2D eigenvalue weighted by Gasteiger charge is 2.32. The summed E-state index contributed by atoms with van der Waals surface area (Å²) in [5.41, 5.74) is 1.38. The molecule has 0 spiro atoms. The van der Waals surface area contributed by atoms with Crippen molar-refractivity contribution in [1.29, 1.82) is 0 Å². The predicted molar refractivity (Wildman–Crippen MR) is 84.3 cm³/mol. The number of hydrogen-bond acceptors (Lipinski definition) is 3. The Hall–Kier alpha value is -0.710. The molecule has 4 heteroatoms. The van der Waals surface area contributed by atoms with Gasteiger partial charge in [0, 0.05) is 53.5 Å². The van der Waals surface area contributed by atoms with Gasteiger partial charge in [-0.2, -0.15) is 0 Å². The van der Waals surface area contributed by atoms with Crippen molar-refractivity contribution in [2.75, 3.05) is 24.6 Å². The van der Waals surface area contributed by atoms with Crippen molar-refractivity contribution < 1.29 is 4.21 Å². The summed E-state index contributed by atoms with van der Waals surface area (Å²) in [4.78, 5) is 2.64. The maximum Gasteiger partial charge on any atom is 0.0450 e. The summed E-state index contributed by atoms with van der Waals surface area (Å²) in [6, 6.07) is 12.3. The molecular formula is C16H24N2OS. The van der Waals surface area contributed by atoms with Gasteiger partial charge in [0.15, 0.2) is 0 Å². The van der Waals surface area contributed by atoms with Crippen molar-refractivity contribution in [2.45, 2.75) is 37.9 Å². The van der Waals surface area contributed by atoms with Crippen molar-refractivity contribution in [1.82, 2.24) is 10.2 Å². The Morgan fingerprint density at radius 2 is 1.90 bits per heavy atom. The zero-order valence-corrected chi connectivity index (χ0v) is 12.9. The first-order chi connectivity index (χ1) is 9.74. The molecule has 0 radical (unpaired) electrons. The first-order valence-corrected chi connectivity index (χ1v) is 9.12. The summed E-state index contributed by atoms with van der Waals surface area (Å²) < 4.78 is 11.5. The van der Waals surface area contributed by atoms with E-state index in [1.807, 2.05) is 0 Å². The van der Waals surface area contributed by atoms with E-state index in [1.54, 1.807) is 0 Å². The Morgan fingerprint density at radius 1 is 1.20 bits per heavy atom. The van der Waals surface area contributed by atoms with E-state index in [4.69, 9.17) is 0 Å². The fourth-order valence-electron chi connectivity index (χ4n) is 3.42. The molecule has 2 fully saturated rings. The fourth-order valence-corrected chi connectivity index (χ4v) is 4.69. The van der Waals surface area contributed by atoms with Crippen molar-refractivity contribution in [3.05, 3.63) is 35.9 Å². The van der Waals surface area contributed by atoms with E-state index >= 15 is 0 Å². The molecule has 2 aliphatic rings. The van der Waals surface area contributed by atoms with Crippen LogP contribution in [-0.4, -0.2) is 45.8 Å². The van der Waals surface area contributed by atoms with Crippen LogP contribution >= 0.6 is 0 Å². The van der Waals surface area contributed by atoms with Crippen LogP contribution in [0.2, 0.25) is 0 Å². The van der Waals surface area contributed by atoms with Gasteiger partial charge in [-0.3, -0.25) is 9.11 Å². The molecule has 0 amide bonds. The number of nitrogens with zero attached hydrogens (tertiary/aromatic N) is 1. The Morgan fingerprint density at radius 3 is 2.60 bits per heavy atom. The number of hydrogen-bond donors (Lipinski definition) is 1. The van der Waals surface area contributed by atoms with Gasteiger partial charge >= 0.3 is 0 Å². The smallest absolute Gasteiger partial charge is 0.0450 e. The van der Waals surface area contributed by atoms with E-state index in [-0.39, 0.29) is 0 Å². The predicted octanol–water partition coefficient (Wildman–Crippen LogP) is 1.93. The minimum absolute atomic E-state index is 0.430. The van der Waals surface area contributed by atoms with Gasteiger partial charge in [0.25, 0.3) is 0 Å². The van der Waals surface area contributed by atoms with E-state index in [0.717, 1.165) is 37.4 Å². The molecule has 0 aromatic heterocycles. The summed E-state index contributed by atoms with van der Waals surface area (Å²) in [5.74, 6) is 1.77. The van der Waals surface area contributed by atoms with Crippen LogP contribution in [0.4, 0.5) is 0 Å². The van der Waals surface area contributed by atoms with Crippen LogP contribution < -0.4 is 5.32 Å². The molecule has 0 saturated carbocycles. The average Bonchev–Trinajstić information content (AvgIpc) is 2.50. The van der Waals surface area contributed by atoms with Gasteiger partial charge in [-0.15, -0.1) is 0 Å². The number of nitrogens with one attached hydrogen (secondary N) is 1. The number of piperazine rings is 1. The molecule has 1 aromatic carbocycles. The first-order valence-electron chi connectivity index (χ1n) is 7.63. The van der Waals surface area contributed by atoms with Crippen LogP contribution in [0.3, 0.4) is 0 Å². The van der Waals surface area contributed by atoms with Crippen molar-refractivity contribution in [2.24, 2.45) is 0 Å². The van der Waals surface area contributed by atoms with Crippen LogP contribution in [0.1, 0.15) is 31.4 Å². The van der Waals surface area contributed by atoms with Crippen LogP contribution in [0, 0.1) is 0 Å². The lowest BCUT2D eigenvalue weighted by Crippen LogP contribution is -2.56. The molecule has 110 valence electrons. The van der Waals surface area contributed by atoms with Gasteiger partial charge < -0.3 is 5.32 Å². The lowest BCUT2D eigenvalue weighted by molar-refractivity contribution is 0.0851. The molecule has 2 atom stereocenters. The van der Waals surface area contributed by atoms with E-state index in [1.165, 1.54) is 5.56 Å². The van der Waals surface area contributed by atoms with Crippen LogP contribution in [0.25, 0.3) is 0 Å². The second kappa shape index (κ2) is 6.37.